The number of benzene rings is 1. The lowest BCUT2D eigenvalue weighted by atomic mass is 9.80. The Morgan fingerprint density at radius 3 is 2.67 bits per heavy atom. The molecule has 1 fully saturated rings. The molecule has 1 saturated carbocycles. The Morgan fingerprint density at radius 1 is 1.33 bits per heavy atom. The standard InChI is InChI=1S/C14H14BrClF3NO/c15-11-7-10(4-5-12(11)16)20-13(21)8-2-1-3-9(6-8)14(17,18)19/h4-5,7-9H,1-3,6H2,(H,20,21). The van der Waals surface area contributed by atoms with E-state index in [9.17, 15) is 18.0 Å². The fourth-order valence-electron chi connectivity index (χ4n) is 2.54. The number of nitrogens with one attached hydrogen (secondary N) is 1. The molecule has 0 saturated heterocycles. The molecular weight excluding hydrogens is 371 g/mol. The first-order chi connectivity index (χ1) is 9.77. The third kappa shape index (κ3) is 4.36. The Balaban J connectivity index is 2.01. The van der Waals surface area contributed by atoms with Crippen LogP contribution in [0.3, 0.4) is 0 Å². The Morgan fingerprint density at radius 2 is 2.05 bits per heavy atom. The van der Waals surface area contributed by atoms with Gasteiger partial charge in [-0.15, -0.1) is 0 Å². The smallest absolute Gasteiger partial charge is 0.326 e. The summed E-state index contributed by atoms with van der Waals surface area (Å²) >= 11 is 9.09. The number of hydrogen-bond acceptors (Lipinski definition) is 1. The van der Waals surface area contributed by atoms with Gasteiger partial charge in [0.25, 0.3) is 0 Å². The molecule has 0 aromatic heterocycles. The van der Waals surface area contributed by atoms with Crippen molar-refractivity contribution in [1.82, 2.24) is 0 Å². The molecule has 7 heteroatoms. The van der Waals surface area contributed by atoms with Crippen molar-refractivity contribution in [2.75, 3.05) is 5.32 Å². The maximum absolute atomic E-state index is 12.7. The lowest BCUT2D eigenvalue weighted by Gasteiger charge is -2.29. The minimum atomic E-state index is -4.22. The summed E-state index contributed by atoms with van der Waals surface area (Å²) in [6, 6.07) is 4.86. The molecule has 1 aliphatic rings. The largest absolute Gasteiger partial charge is 0.391 e. The second kappa shape index (κ2) is 6.57. The third-order valence-electron chi connectivity index (χ3n) is 3.70. The quantitative estimate of drug-likeness (QED) is 0.726. The van der Waals surface area contributed by atoms with Gasteiger partial charge in [0.05, 0.1) is 10.9 Å². The van der Waals surface area contributed by atoms with Crippen LogP contribution in [0.15, 0.2) is 22.7 Å². The number of hydrogen-bond donors (Lipinski definition) is 1. The number of rotatable bonds is 2. The minimum absolute atomic E-state index is 0.111. The van der Waals surface area contributed by atoms with E-state index in [4.69, 9.17) is 11.6 Å². The summed E-state index contributed by atoms with van der Waals surface area (Å²) in [5.41, 5.74) is 0.519. The summed E-state index contributed by atoms with van der Waals surface area (Å²) in [6.45, 7) is 0. The van der Waals surface area contributed by atoms with Crippen LogP contribution in [0.5, 0.6) is 0 Å². The molecule has 21 heavy (non-hydrogen) atoms. The average Bonchev–Trinajstić information content (AvgIpc) is 2.42. The zero-order valence-corrected chi connectivity index (χ0v) is 13.4. The maximum Gasteiger partial charge on any atom is 0.391 e. The van der Waals surface area contributed by atoms with Crippen molar-refractivity contribution >= 4 is 39.1 Å². The van der Waals surface area contributed by atoms with Gasteiger partial charge in [-0.2, -0.15) is 13.2 Å². The molecule has 2 unspecified atom stereocenters. The zero-order valence-electron chi connectivity index (χ0n) is 11.0. The number of anilines is 1. The molecule has 116 valence electrons. The number of carbonyl (C=O) groups is 1. The van der Waals surface area contributed by atoms with Gasteiger partial charge in [0.15, 0.2) is 0 Å². The van der Waals surface area contributed by atoms with Crippen LogP contribution in [0, 0.1) is 11.8 Å². The van der Waals surface area contributed by atoms with Gasteiger partial charge in [0.1, 0.15) is 0 Å². The molecule has 0 spiro atoms. The predicted octanol–water partition coefficient (Wildman–Crippen LogP) is 5.41. The van der Waals surface area contributed by atoms with Crippen molar-refractivity contribution in [2.45, 2.75) is 31.9 Å². The molecule has 1 aliphatic carbocycles. The summed E-state index contributed by atoms with van der Waals surface area (Å²) in [5.74, 6) is -2.34. The van der Waals surface area contributed by atoms with Crippen LogP contribution in [0.1, 0.15) is 25.7 Å². The van der Waals surface area contributed by atoms with Gasteiger partial charge in [0, 0.05) is 16.1 Å². The van der Waals surface area contributed by atoms with Gasteiger partial charge in [0.2, 0.25) is 5.91 Å². The fraction of sp³-hybridized carbons (Fsp3) is 0.500. The van der Waals surface area contributed by atoms with Crippen LogP contribution in [-0.4, -0.2) is 12.1 Å². The van der Waals surface area contributed by atoms with Gasteiger partial charge in [-0.25, -0.2) is 0 Å². The van der Waals surface area contributed by atoms with E-state index < -0.39 is 18.0 Å². The molecule has 2 nitrogen and oxygen atoms in total. The Kier molecular flexibility index (Phi) is 5.20. The molecule has 1 aromatic carbocycles. The fourth-order valence-corrected chi connectivity index (χ4v) is 3.04. The molecule has 2 atom stereocenters. The highest BCUT2D eigenvalue weighted by Gasteiger charge is 2.43. The first-order valence-electron chi connectivity index (χ1n) is 6.60. The van der Waals surface area contributed by atoms with E-state index in [2.05, 4.69) is 21.2 Å². The molecule has 1 N–H and O–H groups in total. The second-order valence-corrected chi connectivity index (χ2v) is 6.48. The minimum Gasteiger partial charge on any atom is -0.326 e. The van der Waals surface area contributed by atoms with Crippen LogP contribution in [0.25, 0.3) is 0 Å². The summed E-state index contributed by atoms with van der Waals surface area (Å²) in [5, 5.41) is 3.16. The van der Waals surface area contributed by atoms with Crippen LogP contribution in [-0.2, 0) is 4.79 Å². The number of halogens is 5. The Hall–Kier alpha value is -0.750. The summed E-state index contributed by atoms with van der Waals surface area (Å²) < 4.78 is 38.9. The average molecular weight is 385 g/mol. The van der Waals surface area contributed by atoms with E-state index in [1.165, 1.54) is 0 Å². The Labute approximate surface area is 134 Å². The van der Waals surface area contributed by atoms with E-state index in [0.29, 0.717) is 28.0 Å². The second-order valence-electron chi connectivity index (χ2n) is 5.22. The molecule has 0 radical (unpaired) electrons. The molecular formula is C14H14BrClF3NO. The predicted molar refractivity (Wildman–Crippen MR) is 79.3 cm³/mol. The highest BCUT2D eigenvalue weighted by atomic mass is 79.9. The summed E-state index contributed by atoms with van der Waals surface area (Å²) in [7, 11) is 0. The lowest BCUT2D eigenvalue weighted by molar-refractivity contribution is -0.185. The molecule has 0 aliphatic heterocycles. The van der Waals surface area contributed by atoms with Crippen molar-refractivity contribution < 1.29 is 18.0 Å². The zero-order chi connectivity index (χ0) is 15.6. The van der Waals surface area contributed by atoms with Gasteiger partial charge in [-0.1, -0.05) is 18.0 Å². The van der Waals surface area contributed by atoms with E-state index in [1.807, 2.05) is 0 Å². The van der Waals surface area contributed by atoms with Crippen LogP contribution in [0.4, 0.5) is 18.9 Å². The van der Waals surface area contributed by atoms with Crippen LogP contribution in [0.2, 0.25) is 5.02 Å². The van der Waals surface area contributed by atoms with E-state index >= 15 is 0 Å². The van der Waals surface area contributed by atoms with Crippen LogP contribution < -0.4 is 5.32 Å². The van der Waals surface area contributed by atoms with Crippen molar-refractivity contribution in [2.24, 2.45) is 11.8 Å². The van der Waals surface area contributed by atoms with Crippen molar-refractivity contribution in [3.63, 3.8) is 0 Å². The highest BCUT2D eigenvalue weighted by molar-refractivity contribution is 9.10. The van der Waals surface area contributed by atoms with E-state index in [1.54, 1.807) is 18.2 Å². The van der Waals surface area contributed by atoms with Gasteiger partial charge in [-0.05, 0) is 53.4 Å². The molecule has 2 rings (SSSR count). The van der Waals surface area contributed by atoms with Crippen molar-refractivity contribution in [3.8, 4) is 0 Å². The first kappa shape index (κ1) is 16.6. The third-order valence-corrected chi connectivity index (χ3v) is 4.91. The van der Waals surface area contributed by atoms with E-state index in [0.717, 1.165) is 0 Å². The number of amides is 1. The molecule has 0 heterocycles. The van der Waals surface area contributed by atoms with Gasteiger partial charge >= 0.3 is 6.18 Å². The van der Waals surface area contributed by atoms with Crippen LogP contribution >= 0.6 is 27.5 Å². The van der Waals surface area contributed by atoms with Gasteiger partial charge < -0.3 is 5.32 Å². The summed E-state index contributed by atoms with van der Waals surface area (Å²) in [4.78, 5) is 12.1. The highest BCUT2D eigenvalue weighted by Crippen LogP contribution is 2.40. The number of alkyl halides is 3. The molecule has 1 amide bonds. The van der Waals surface area contributed by atoms with E-state index in [-0.39, 0.29) is 18.7 Å². The normalized spacial score (nSPS) is 22.9. The first-order valence-corrected chi connectivity index (χ1v) is 7.77. The lowest BCUT2D eigenvalue weighted by Crippen LogP contribution is -2.34. The van der Waals surface area contributed by atoms with Crippen molar-refractivity contribution in [3.05, 3.63) is 27.7 Å². The number of carbonyl (C=O) groups excluding carboxylic acids is 1. The molecule has 1 aromatic rings. The summed E-state index contributed by atoms with van der Waals surface area (Å²) in [6.07, 6.45) is -3.33. The monoisotopic (exact) mass is 383 g/mol. The maximum atomic E-state index is 12.7. The van der Waals surface area contributed by atoms with Gasteiger partial charge in [-0.3, -0.25) is 4.79 Å². The Bertz CT molecular complexity index is 535. The topological polar surface area (TPSA) is 29.1 Å². The van der Waals surface area contributed by atoms with Crippen molar-refractivity contribution in [1.29, 1.82) is 0 Å². The SMILES string of the molecule is O=C(Nc1ccc(Cl)c(Br)c1)C1CCCC(C(F)(F)F)C1. The molecule has 0 bridgehead atoms.